The van der Waals surface area contributed by atoms with E-state index in [4.69, 9.17) is 28.9 Å². The van der Waals surface area contributed by atoms with Gasteiger partial charge in [0.1, 0.15) is 0 Å². The normalized spacial score (nSPS) is 28.6. The number of urea groups is 1. The van der Waals surface area contributed by atoms with Crippen molar-refractivity contribution in [1.29, 1.82) is 0 Å². The SMILES string of the molecule is NC1CC2CCC(C1)N2C(=O)Nc1cc(Cl)ccc1Cl. The summed E-state index contributed by atoms with van der Waals surface area (Å²) < 4.78 is 0. The Kier molecular flexibility index (Phi) is 3.80. The zero-order chi connectivity index (χ0) is 14.3. The summed E-state index contributed by atoms with van der Waals surface area (Å²) in [5, 5.41) is 3.91. The highest BCUT2D eigenvalue weighted by atomic mass is 35.5. The van der Waals surface area contributed by atoms with Gasteiger partial charge in [-0.2, -0.15) is 0 Å². The minimum Gasteiger partial charge on any atom is -0.328 e. The van der Waals surface area contributed by atoms with Crippen molar-refractivity contribution >= 4 is 34.9 Å². The number of fused-ring (bicyclic) bond motifs is 2. The van der Waals surface area contributed by atoms with Gasteiger partial charge in [0.05, 0.1) is 10.7 Å². The Balaban J connectivity index is 1.75. The molecule has 0 aromatic heterocycles. The predicted octanol–water partition coefficient (Wildman–Crippen LogP) is 3.48. The number of nitrogens with two attached hydrogens (primary N) is 1. The molecule has 2 saturated heterocycles. The molecular formula is C14H17Cl2N3O. The van der Waals surface area contributed by atoms with Gasteiger partial charge in [-0.15, -0.1) is 0 Å². The van der Waals surface area contributed by atoms with Gasteiger partial charge in [0.25, 0.3) is 0 Å². The number of halogens is 2. The van der Waals surface area contributed by atoms with Crippen LogP contribution < -0.4 is 11.1 Å². The third-order valence-corrected chi connectivity index (χ3v) is 4.74. The molecule has 3 N–H and O–H groups in total. The zero-order valence-corrected chi connectivity index (χ0v) is 12.5. The van der Waals surface area contributed by atoms with Crippen LogP contribution in [0.1, 0.15) is 25.7 Å². The molecule has 108 valence electrons. The van der Waals surface area contributed by atoms with E-state index in [1.165, 1.54) is 0 Å². The number of rotatable bonds is 1. The molecule has 20 heavy (non-hydrogen) atoms. The molecule has 2 heterocycles. The molecule has 0 aliphatic carbocycles. The molecule has 3 rings (SSSR count). The summed E-state index contributed by atoms with van der Waals surface area (Å²) >= 11 is 12.0. The van der Waals surface area contributed by atoms with Crippen molar-refractivity contribution in [2.75, 3.05) is 5.32 Å². The van der Waals surface area contributed by atoms with Gasteiger partial charge in [-0.05, 0) is 43.9 Å². The van der Waals surface area contributed by atoms with Crippen molar-refractivity contribution in [3.63, 3.8) is 0 Å². The summed E-state index contributed by atoms with van der Waals surface area (Å²) in [5.74, 6) is 0. The maximum absolute atomic E-state index is 12.5. The summed E-state index contributed by atoms with van der Waals surface area (Å²) in [4.78, 5) is 14.4. The average molecular weight is 314 g/mol. The number of nitrogens with one attached hydrogen (secondary N) is 1. The van der Waals surface area contributed by atoms with Gasteiger partial charge < -0.3 is 16.0 Å². The van der Waals surface area contributed by atoms with Gasteiger partial charge >= 0.3 is 6.03 Å². The van der Waals surface area contributed by atoms with E-state index in [1.807, 2.05) is 4.90 Å². The largest absolute Gasteiger partial charge is 0.328 e. The van der Waals surface area contributed by atoms with Gasteiger partial charge in [-0.3, -0.25) is 0 Å². The van der Waals surface area contributed by atoms with Crippen LogP contribution in [0.15, 0.2) is 18.2 Å². The Labute approximate surface area is 128 Å². The number of carbonyl (C=O) groups excluding carboxylic acids is 1. The van der Waals surface area contributed by atoms with Crippen molar-refractivity contribution in [1.82, 2.24) is 4.90 Å². The first-order valence-electron chi connectivity index (χ1n) is 6.84. The second-order valence-corrected chi connectivity index (χ2v) is 6.42. The molecule has 4 nitrogen and oxygen atoms in total. The molecule has 0 spiro atoms. The molecule has 1 aromatic rings. The highest BCUT2D eigenvalue weighted by Gasteiger charge is 2.42. The fourth-order valence-corrected chi connectivity index (χ4v) is 3.66. The Morgan fingerprint density at radius 3 is 2.55 bits per heavy atom. The van der Waals surface area contributed by atoms with E-state index in [0.29, 0.717) is 15.7 Å². The lowest BCUT2D eigenvalue weighted by molar-refractivity contribution is 0.150. The predicted molar refractivity (Wildman–Crippen MR) is 81.3 cm³/mol. The third kappa shape index (κ3) is 2.60. The highest BCUT2D eigenvalue weighted by molar-refractivity contribution is 6.35. The molecular weight excluding hydrogens is 297 g/mol. The monoisotopic (exact) mass is 313 g/mol. The summed E-state index contributed by atoms with van der Waals surface area (Å²) in [6.07, 6.45) is 3.84. The summed E-state index contributed by atoms with van der Waals surface area (Å²) in [5.41, 5.74) is 6.57. The van der Waals surface area contributed by atoms with E-state index in [9.17, 15) is 4.79 Å². The van der Waals surface area contributed by atoms with E-state index in [1.54, 1.807) is 18.2 Å². The van der Waals surface area contributed by atoms with Crippen LogP contribution in [0.25, 0.3) is 0 Å². The maximum Gasteiger partial charge on any atom is 0.322 e. The molecule has 0 radical (unpaired) electrons. The van der Waals surface area contributed by atoms with Crippen LogP contribution in [0, 0.1) is 0 Å². The van der Waals surface area contributed by atoms with Gasteiger partial charge in [0.2, 0.25) is 0 Å². The third-order valence-electron chi connectivity index (χ3n) is 4.17. The Hall–Kier alpha value is -0.970. The van der Waals surface area contributed by atoms with Crippen LogP contribution in [0.4, 0.5) is 10.5 Å². The molecule has 2 atom stereocenters. The van der Waals surface area contributed by atoms with Crippen molar-refractivity contribution in [3.8, 4) is 0 Å². The van der Waals surface area contributed by atoms with Crippen molar-refractivity contribution in [2.24, 2.45) is 5.73 Å². The van der Waals surface area contributed by atoms with Gasteiger partial charge in [-0.1, -0.05) is 23.2 Å². The van der Waals surface area contributed by atoms with E-state index in [0.717, 1.165) is 25.7 Å². The molecule has 2 amide bonds. The quantitative estimate of drug-likeness (QED) is 0.834. The molecule has 2 aliphatic rings. The van der Waals surface area contributed by atoms with Crippen LogP contribution >= 0.6 is 23.2 Å². The Morgan fingerprint density at radius 2 is 1.90 bits per heavy atom. The lowest BCUT2D eigenvalue weighted by Gasteiger charge is -2.37. The molecule has 2 unspecified atom stereocenters. The molecule has 2 aliphatic heterocycles. The maximum atomic E-state index is 12.5. The number of hydrogen-bond donors (Lipinski definition) is 2. The number of anilines is 1. The number of hydrogen-bond acceptors (Lipinski definition) is 2. The Bertz CT molecular complexity index is 523. The van der Waals surface area contributed by atoms with Gasteiger partial charge in [-0.25, -0.2) is 4.79 Å². The zero-order valence-electron chi connectivity index (χ0n) is 11.0. The van der Waals surface area contributed by atoms with E-state index in [-0.39, 0.29) is 24.2 Å². The lowest BCUT2D eigenvalue weighted by Crippen LogP contribution is -2.51. The summed E-state index contributed by atoms with van der Waals surface area (Å²) in [6.45, 7) is 0. The van der Waals surface area contributed by atoms with Gasteiger partial charge in [0.15, 0.2) is 0 Å². The standard InChI is InChI=1S/C14H17Cl2N3O/c15-8-1-4-12(16)13(5-8)18-14(20)19-10-2-3-11(19)7-9(17)6-10/h1,4-5,9-11H,2-3,6-7,17H2,(H,18,20). The number of amides is 2. The number of benzene rings is 1. The lowest BCUT2D eigenvalue weighted by atomic mass is 9.99. The fourth-order valence-electron chi connectivity index (χ4n) is 3.32. The minimum absolute atomic E-state index is 0.103. The number of piperidine rings is 1. The second kappa shape index (κ2) is 5.43. The molecule has 1 aromatic carbocycles. The van der Waals surface area contributed by atoms with Crippen LogP contribution in [0.5, 0.6) is 0 Å². The van der Waals surface area contributed by atoms with Crippen molar-refractivity contribution in [2.45, 2.75) is 43.8 Å². The summed E-state index contributed by atoms with van der Waals surface area (Å²) in [7, 11) is 0. The van der Waals surface area contributed by atoms with Crippen LogP contribution in [0.3, 0.4) is 0 Å². The molecule has 6 heteroatoms. The number of carbonyl (C=O) groups is 1. The van der Waals surface area contributed by atoms with E-state index >= 15 is 0 Å². The minimum atomic E-state index is -0.103. The fraction of sp³-hybridized carbons (Fsp3) is 0.500. The highest BCUT2D eigenvalue weighted by Crippen LogP contribution is 2.36. The van der Waals surface area contributed by atoms with E-state index in [2.05, 4.69) is 5.32 Å². The molecule has 0 saturated carbocycles. The van der Waals surface area contributed by atoms with Crippen molar-refractivity contribution in [3.05, 3.63) is 28.2 Å². The summed E-state index contributed by atoms with van der Waals surface area (Å²) in [6, 6.07) is 5.66. The van der Waals surface area contributed by atoms with E-state index < -0.39 is 0 Å². The molecule has 2 bridgehead atoms. The first-order chi connectivity index (χ1) is 9.54. The Morgan fingerprint density at radius 1 is 1.25 bits per heavy atom. The topological polar surface area (TPSA) is 58.4 Å². The van der Waals surface area contributed by atoms with Crippen molar-refractivity contribution < 1.29 is 4.79 Å². The van der Waals surface area contributed by atoms with Gasteiger partial charge in [0, 0.05) is 23.1 Å². The molecule has 2 fully saturated rings. The average Bonchev–Trinajstić information content (AvgIpc) is 2.66. The van der Waals surface area contributed by atoms with Crippen LogP contribution in [0.2, 0.25) is 10.0 Å². The van der Waals surface area contributed by atoms with Crippen LogP contribution in [-0.4, -0.2) is 29.1 Å². The first-order valence-corrected chi connectivity index (χ1v) is 7.60. The first kappa shape index (κ1) is 14.0. The van der Waals surface area contributed by atoms with Crippen LogP contribution in [-0.2, 0) is 0 Å². The second-order valence-electron chi connectivity index (χ2n) is 5.58. The smallest absolute Gasteiger partial charge is 0.322 e. The number of nitrogens with zero attached hydrogens (tertiary/aromatic N) is 1.